The quantitative estimate of drug-likeness (QED) is 0.317. The van der Waals surface area contributed by atoms with Gasteiger partial charge >= 0.3 is 5.69 Å². The number of ether oxygens (including phenoxy) is 3. The van der Waals surface area contributed by atoms with Crippen LogP contribution >= 0.6 is 0 Å². The van der Waals surface area contributed by atoms with Crippen molar-refractivity contribution in [3.8, 4) is 17.2 Å². The number of hydrogen-bond acceptors (Lipinski definition) is 6. The molecular weight excluding hydrogens is 524 g/mol. The van der Waals surface area contributed by atoms with Gasteiger partial charge in [0.2, 0.25) is 6.41 Å². The third-order valence-corrected chi connectivity index (χ3v) is 7.54. The Morgan fingerprint density at radius 1 is 1.00 bits per heavy atom. The number of hydrogen-bond donors (Lipinski definition) is 0. The number of likely N-dealkylation sites (tertiary alicyclic amines) is 1. The molecule has 214 valence electrons. The Morgan fingerprint density at radius 2 is 1.75 bits per heavy atom. The Kier molecular flexibility index (Phi) is 8.37. The van der Waals surface area contributed by atoms with Gasteiger partial charge < -0.3 is 19.1 Å². The first-order valence-corrected chi connectivity index (χ1v) is 13.5. The zero-order valence-electron chi connectivity index (χ0n) is 22.4. The average Bonchev–Trinajstić information content (AvgIpc) is 3.82. The van der Waals surface area contributed by atoms with Gasteiger partial charge in [-0.05, 0) is 67.5 Å². The van der Waals surface area contributed by atoms with Gasteiger partial charge in [-0.3, -0.25) is 18.7 Å². The predicted octanol–water partition coefficient (Wildman–Crippen LogP) is 3.49. The fourth-order valence-corrected chi connectivity index (χ4v) is 5.08. The molecule has 0 radical (unpaired) electrons. The highest BCUT2D eigenvalue weighted by Gasteiger charge is 2.26. The molecule has 40 heavy (non-hydrogen) atoms. The number of methoxy groups -OCH3 is 1. The summed E-state index contributed by atoms with van der Waals surface area (Å²) in [5.41, 5.74) is 0.0478. The van der Waals surface area contributed by atoms with Crippen molar-refractivity contribution in [2.75, 3.05) is 40.2 Å². The maximum absolute atomic E-state index is 13.9. The number of halogens is 2. The first-order valence-electron chi connectivity index (χ1n) is 13.5. The van der Waals surface area contributed by atoms with E-state index in [2.05, 4.69) is 0 Å². The number of nitrogens with zero attached hydrogens (tertiary/aromatic N) is 3. The number of carbonyl (C=O) groups excluding carboxylic acids is 1. The largest absolute Gasteiger partial charge is 0.493 e. The van der Waals surface area contributed by atoms with E-state index in [1.807, 2.05) is 0 Å². The molecule has 1 amide bonds. The Bertz CT molecular complexity index is 1470. The van der Waals surface area contributed by atoms with Crippen LogP contribution in [0, 0.1) is 5.92 Å². The van der Waals surface area contributed by atoms with E-state index in [4.69, 9.17) is 14.2 Å². The predicted molar refractivity (Wildman–Crippen MR) is 145 cm³/mol. The molecule has 0 N–H and O–H groups in total. The molecule has 5 rings (SSSR count). The number of alkyl halides is 2. The summed E-state index contributed by atoms with van der Waals surface area (Å²) in [6, 6.07) is 9.58. The van der Waals surface area contributed by atoms with E-state index in [1.165, 1.54) is 19.2 Å². The van der Waals surface area contributed by atoms with Crippen LogP contribution in [0.25, 0.3) is 10.9 Å². The van der Waals surface area contributed by atoms with Gasteiger partial charge in [-0.1, -0.05) is 6.07 Å². The SMILES string of the molecule is COc1cc(Cn2c(=O)c3cc(OC(CF)CF)ccc3n(C3CCN(C=O)CC3)c2=O)ccc1OCC1CC1. The van der Waals surface area contributed by atoms with Gasteiger partial charge in [-0.25, -0.2) is 13.6 Å². The maximum atomic E-state index is 13.9. The number of carbonyl (C=O) groups is 1. The molecule has 2 aliphatic rings. The molecule has 3 aromatic rings. The van der Waals surface area contributed by atoms with Gasteiger partial charge in [0.15, 0.2) is 17.6 Å². The minimum atomic E-state index is -1.29. The summed E-state index contributed by atoms with van der Waals surface area (Å²) < 4.78 is 45.8. The van der Waals surface area contributed by atoms with Crippen LogP contribution in [-0.4, -0.2) is 66.7 Å². The van der Waals surface area contributed by atoms with E-state index in [-0.39, 0.29) is 23.7 Å². The Balaban J connectivity index is 1.56. The highest BCUT2D eigenvalue weighted by molar-refractivity contribution is 5.80. The topological polar surface area (TPSA) is 92.0 Å². The van der Waals surface area contributed by atoms with Crippen LogP contribution < -0.4 is 25.5 Å². The first kappa shape index (κ1) is 27.7. The van der Waals surface area contributed by atoms with Crippen LogP contribution in [0.15, 0.2) is 46.0 Å². The summed E-state index contributed by atoms with van der Waals surface area (Å²) in [7, 11) is 1.54. The molecule has 0 bridgehead atoms. The Morgan fingerprint density at radius 3 is 2.40 bits per heavy atom. The standard InChI is InChI=1S/C29H33F2N3O6/c1-38-27-12-20(4-7-26(27)39-17-19-2-3-19)16-33-28(36)24-13-22(40-23(14-30)15-31)5-6-25(24)34(29(33)37)21-8-10-32(18-35)11-9-21/h4-7,12-13,18-19,21,23H,2-3,8-11,14-17H2,1H3. The fraction of sp³-hybridized carbons (Fsp3) is 0.483. The number of benzene rings is 2. The third kappa shape index (κ3) is 5.83. The molecule has 1 aliphatic heterocycles. The van der Waals surface area contributed by atoms with Crippen molar-refractivity contribution >= 4 is 17.3 Å². The fourth-order valence-electron chi connectivity index (χ4n) is 5.08. The summed E-state index contributed by atoms with van der Waals surface area (Å²) >= 11 is 0. The van der Waals surface area contributed by atoms with Crippen LogP contribution in [0.3, 0.4) is 0 Å². The van der Waals surface area contributed by atoms with Crippen LogP contribution in [0.1, 0.15) is 37.3 Å². The normalized spacial score (nSPS) is 15.9. The van der Waals surface area contributed by atoms with Gasteiger partial charge in [0.25, 0.3) is 5.56 Å². The molecule has 2 fully saturated rings. The lowest BCUT2D eigenvalue weighted by atomic mass is 10.0. The van der Waals surface area contributed by atoms with Crippen LogP contribution in [0.4, 0.5) is 8.78 Å². The van der Waals surface area contributed by atoms with Crippen LogP contribution in [0.2, 0.25) is 0 Å². The van der Waals surface area contributed by atoms with E-state index in [0.29, 0.717) is 61.0 Å². The average molecular weight is 558 g/mol. The molecule has 2 aromatic carbocycles. The highest BCUT2D eigenvalue weighted by Crippen LogP contribution is 2.33. The monoisotopic (exact) mass is 557 g/mol. The Labute approximate surface area is 229 Å². The number of amides is 1. The molecule has 1 aromatic heterocycles. The van der Waals surface area contributed by atoms with Crippen molar-refractivity contribution in [3.05, 3.63) is 62.8 Å². The number of aromatic nitrogens is 2. The van der Waals surface area contributed by atoms with E-state index >= 15 is 0 Å². The molecule has 9 nitrogen and oxygen atoms in total. The minimum Gasteiger partial charge on any atom is -0.493 e. The van der Waals surface area contributed by atoms with Gasteiger partial charge in [0.05, 0.1) is 31.2 Å². The second kappa shape index (κ2) is 12.1. The van der Waals surface area contributed by atoms with Crippen LogP contribution in [0.5, 0.6) is 17.2 Å². The van der Waals surface area contributed by atoms with Crippen molar-refractivity contribution in [2.24, 2.45) is 5.92 Å². The van der Waals surface area contributed by atoms with Crippen molar-refractivity contribution in [3.63, 3.8) is 0 Å². The molecule has 0 atom stereocenters. The molecule has 1 aliphatic carbocycles. The van der Waals surface area contributed by atoms with E-state index in [9.17, 15) is 23.2 Å². The third-order valence-electron chi connectivity index (χ3n) is 7.54. The number of fused-ring (bicyclic) bond motifs is 1. The molecule has 11 heteroatoms. The molecule has 1 saturated carbocycles. The van der Waals surface area contributed by atoms with E-state index < -0.39 is 30.7 Å². The maximum Gasteiger partial charge on any atom is 0.332 e. The summed E-state index contributed by atoms with van der Waals surface area (Å²) in [5.74, 6) is 1.81. The van der Waals surface area contributed by atoms with E-state index in [0.717, 1.165) is 23.8 Å². The van der Waals surface area contributed by atoms with Crippen molar-refractivity contribution < 1.29 is 27.8 Å². The Hall–Kier alpha value is -3.89. The summed E-state index contributed by atoms with van der Waals surface area (Å²) in [6.45, 7) is -0.481. The van der Waals surface area contributed by atoms with Crippen molar-refractivity contribution in [2.45, 2.75) is 44.4 Å². The summed E-state index contributed by atoms with van der Waals surface area (Å²) in [5, 5.41) is 0.197. The summed E-state index contributed by atoms with van der Waals surface area (Å²) in [4.78, 5) is 40.5. The first-order chi connectivity index (χ1) is 19.4. The lowest BCUT2D eigenvalue weighted by Crippen LogP contribution is -2.44. The molecule has 0 unspecified atom stereocenters. The zero-order chi connectivity index (χ0) is 28.2. The van der Waals surface area contributed by atoms with Gasteiger partial charge in [-0.2, -0.15) is 0 Å². The van der Waals surface area contributed by atoms with Gasteiger partial charge in [-0.15, -0.1) is 0 Å². The number of piperidine rings is 1. The number of rotatable bonds is 12. The van der Waals surface area contributed by atoms with Crippen molar-refractivity contribution in [1.82, 2.24) is 14.0 Å². The molecular formula is C29H33F2N3O6. The van der Waals surface area contributed by atoms with E-state index in [1.54, 1.807) is 33.7 Å². The molecule has 1 saturated heterocycles. The lowest BCUT2D eigenvalue weighted by Gasteiger charge is -2.31. The minimum absolute atomic E-state index is 0.0251. The zero-order valence-corrected chi connectivity index (χ0v) is 22.4. The smallest absolute Gasteiger partial charge is 0.332 e. The highest BCUT2D eigenvalue weighted by atomic mass is 19.1. The lowest BCUT2D eigenvalue weighted by molar-refractivity contribution is -0.119. The van der Waals surface area contributed by atoms with Gasteiger partial charge in [0, 0.05) is 19.1 Å². The van der Waals surface area contributed by atoms with Gasteiger partial charge in [0.1, 0.15) is 19.1 Å². The molecule has 0 spiro atoms. The summed E-state index contributed by atoms with van der Waals surface area (Å²) in [6.07, 6.45) is 2.89. The molecule has 2 heterocycles. The van der Waals surface area contributed by atoms with Crippen molar-refractivity contribution in [1.29, 1.82) is 0 Å². The van der Waals surface area contributed by atoms with Crippen LogP contribution in [-0.2, 0) is 11.3 Å². The second-order valence-corrected chi connectivity index (χ2v) is 10.4. The second-order valence-electron chi connectivity index (χ2n) is 10.4.